The number of allylic oxidation sites excluding steroid dienone is 2. The van der Waals surface area contributed by atoms with Crippen LogP contribution in [0, 0.1) is 5.92 Å². The summed E-state index contributed by atoms with van der Waals surface area (Å²) >= 11 is 0. The minimum atomic E-state index is -0.961. The second-order valence-corrected chi connectivity index (χ2v) is 13.9. The number of carbonyl (C=O) groups is 1. The van der Waals surface area contributed by atoms with Crippen LogP contribution in [-0.4, -0.2) is 58.2 Å². The van der Waals surface area contributed by atoms with E-state index in [1.807, 2.05) is 30.4 Å². The summed E-state index contributed by atoms with van der Waals surface area (Å²) in [6, 6.07) is 16.0. The molecule has 2 bridgehead atoms. The molecule has 4 aromatic carbocycles. The number of carbonyl (C=O) groups excluding carboxylic acids is 1. The Bertz CT molecular complexity index is 2050. The van der Waals surface area contributed by atoms with Gasteiger partial charge < -0.3 is 45.6 Å². The minimum Gasteiger partial charge on any atom is -0.508 e. The Labute approximate surface area is 296 Å². The fourth-order valence-corrected chi connectivity index (χ4v) is 8.15. The zero-order valence-corrected chi connectivity index (χ0v) is 28.8. The molecule has 1 aliphatic carbocycles. The van der Waals surface area contributed by atoms with Crippen LogP contribution < -0.4 is 20.1 Å². The number of Topliss-reactive ketones (excluding diaryl/α,β-unsaturated/α-hetero) is 1. The highest BCUT2D eigenvalue weighted by atomic mass is 16.5. The van der Waals surface area contributed by atoms with E-state index in [4.69, 9.17) is 9.47 Å². The molecule has 0 spiro atoms. The molecule has 0 amide bonds. The highest BCUT2D eigenvalue weighted by Gasteiger charge is 2.34. The summed E-state index contributed by atoms with van der Waals surface area (Å²) < 4.78 is 10.7. The summed E-state index contributed by atoms with van der Waals surface area (Å²) in [6.07, 6.45) is 6.38. The van der Waals surface area contributed by atoms with Crippen molar-refractivity contribution in [2.75, 3.05) is 26.1 Å². The first-order valence-electron chi connectivity index (χ1n) is 17.5. The van der Waals surface area contributed by atoms with Crippen molar-refractivity contribution in [3.63, 3.8) is 0 Å². The number of phenols is 4. The molecule has 2 heterocycles. The average molecular weight is 693 g/mol. The molecule has 0 aromatic heterocycles. The molecule has 0 radical (unpaired) electrons. The van der Waals surface area contributed by atoms with E-state index in [1.165, 1.54) is 20.3 Å². The SMILES string of the molecule is COc1cc(CC[C@@H](O)[C@H]2CC3=CCNC(=C3)Nc3ccc4cc(O)cc5c4c3[C@H](CC5)C[C@@H](c3cc(O)c(O)c(OC)c3)CC2=O)ccc1O. The molecular formula is C41H44N2O8. The number of phenolic OH excluding ortho intramolecular Hbond substituents is 4. The number of ether oxygens (including phenoxy) is 2. The smallest absolute Gasteiger partial charge is 0.200 e. The number of hydrogen-bond donors (Lipinski definition) is 7. The van der Waals surface area contributed by atoms with Crippen molar-refractivity contribution in [1.29, 1.82) is 0 Å². The number of methoxy groups -OCH3 is 2. The molecule has 0 saturated carbocycles. The minimum absolute atomic E-state index is 0.000732. The van der Waals surface area contributed by atoms with Gasteiger partial charge in [-0.15, -0.1) is 0 Å². The largest absolute Gasteiger partial charge is 0.508 e. The summed E-state index contributed by atoms with van der Waals surface area (Å²) in [5.41, 5.74) is 5.58. The Kier molecular flexibility index (Phi) is 9.44. The van der Waals surface area contributed by atoms with Gasteiger partial charge in [-0.3, -0.25) is 4.79 Å². The van der Waals surface area contributed by atoms with E-state index in [9.17, 15) is 30.3 Å². The third-order valence-electron chi connectivity index (χ3n) is 10.7. The number of hydrogen-bond acceptors (Lipinski definition) is 10. The Balaban J connectivity index is 1.30. The molecule has 0 unspecified atom stereocenters. The van der Waals surface area contributed by atoms with Crippen molar-refractivity contribution < 1.29 is 39.8 Å². The molecule has 7 rings (SSSR count). The topological polar surface area (TPSA) is 161 Å². The van der Waals surface area contributed by atoms with Crippen LogP contribution in [0.2, 0.25) is 0 Å². The van der Waals surface area contributed by atoms with Gasteiger partial charge in [-0.2, -0.15) is 0 Å². The number of benzene rings is 4. The zero-order chi connectivity index (χ0) is 35.8. The Morgan fingerprint density at radius 1 is 0.902 bits per heavy atom. The van der Waals surface area contributed by atoms with Crippen LogP contribution in [-0.2, 0) is 17.6 Å². The standard InChI is InChI=1S/C41H44N2O8/c1-50-36-14-22(4-10-33(36)46)3-9-32(45)30-13-23-11-12-42-38(15-23)43-31-8-7-26-18-29(44)17-25-6-5-24(40(31)39(25)26)16-27(19-34(30)47)28-20-35(48)41(49)37(21-28)51-2/h4,7-8,10-11,14-15,17-18,20-21,24,27,30,32,42-46,48-49H,3,5-6,9,12-13,16,19H2,1-2H3/t24-,27-,30-,32-/m1/s1. The number of ketones is 1. The third kappa shape index (κ3) is 6.88. The highest BCUT2D eigenvalue weighted by Crippen LogP contribution is 2.49. The Morgan fingerprint density at radius 3 is 2.53 bits per heavy atom. The van der Waals surface area contributed by atoms with E-state index in [2.05, 4.69) is 10.6 Å². The van der Waals surface area contributed by atoms with Gasteiger partial charge in [-0.1, -0.05) is 18.2 Å². The Morgan fingerprint density at radius 2 is 1.73 bits per heavy atom. The summed E-state index contributed by atoms with van der Waals surface area (Å²) in [5.74, 6) is -0.361. The number of rotatable bonds is 7. The molecule has 7 N–H and O–H groups in total. The van der Waals surface area contributed by atoms with Crippen molar-refractivity contribution in [1.82, 2.24) is 5.32 Å². The average Bonchev–Trinajstić information content (AvgIpc) is 3.12. The van der Waals surface area contributed by atoms with E-state index in [1.54, 1.807) is 30.3 Å². The number of fused-ring (bicyclic) bond motifs is 1. The van der Waals surface area contributed by atoms with Crippen molar-refractivity contribution in [2.45, 2.75) is 62.9 Å². The van der Waals surface area contributed by atoms with Crippen LogP contribution in [0.5, 0.6) is 34.5 Å². The molecule has 4 atom stereocenters. The predicted molar refractivity (Wildman–Crippen MR) is 195 cm³/mol. The van der Waals surface area contributed by atoms with Crippen LogP contribution in [0.3, 0.4) is 0 Å². The molecule has 2 aliphatic heterocycles. The zero-order valence-electron chi connectivity index (χ0n) is 28.8. The van der Waals surface area contributed by atoms with Crippen LogP contribution in [0.25, 0.3) is 10.8 Å². The normalized spacial score (nSPS) is 20.8. The molecule has 10 nitrogen and oxygen atoms in total. The van der Waals surface area contributed by atoms with Crippen molar-refractivity contribution >= 4 is 22.2 Å². The van der Waals surface area contributed by atoms with Crippen LogP contribution in [0.4, 0.5) is 5.69 Å². The predicted octanol–water partition coefficient (Wildman–Crippen LogP) is 6.64. The van der Waals surface area contributed by atoms with Gasteiger partial charge in [0, 0.05) is 24.6 Å². The summed E-state index contributed by atoms with van der Waals surface area (Å²) in [6.45, 7) is 0.555. The van der Waals surface area contributed by atoms with Crippen LogP contribution in [0.1, 0.15) is 66.2 Å². The van der Waals surface area contributed by atoms with E-state index < -0.39 is 12.0 Å². The summed E-state index contributed by atoms with van der Waals surface area (Å²) in [7, 11) is 2.91. The van der Waals surface area contributed by atoms with Crippen molar-refractivity contribution in [2.24, 2.45) is 5.92 Å². The van der Waals surface area contributed by atoms with Gasteiger partial charge in [-0.05, 0) is 138 Å². The first kappa shape index (κ1) is 34.1. The van der Waals surface area contributed by atoms with Gasteiger partial charge in [0.15, 0.2) is 23.0 Å². The van der Waals surface area contributed by atoms with Crippen LogP contribution in [0.15, 0.2) is 78.1 Å². The molecule has 10 heteroatoms. The lowest BCUT2D eigenvalue weighted by molar-refractivity contribution is -0.127. The summed E-state index contributed by atoms with van der Waals surface area (Å²) in [4.78, 5) is 14.6. The van der Waals surface area contributed by atoms with Crippen LogP contribution >= 0.6 is 0 Å². The molecule has 0 fully saturated rings. The van der Waals surface area contributed by atoms with E-state index in [0.29, 0.717) is 43.5 Å². The number of nitrogens with one attached hydrogen (secondary N) is 2. The molecule has 4 aromatic rings. The molecule has 0 saturated heterocycles. The Hall–Kier alpha value is -5.35. The summed E-state index contributed by atoms with van der Waals surface area (Å²) in [5, 5.41) is 62.7. The van der Waals surface area contributed by atoms with Gasteiger partial charge in [0.1, 0.15) is 17.4 Å². The van der Waals surface area contributed by atoms with E-state index >= 15 is 0 Å². The first-order valence-corrected chi connectivity index (χ1v) is 17.5. The maximum Gasteiger partial charge on any atom is 0.200 e. The maximum atomic E-state index is 14.6. The second kappa shape index (κ2) is 14.1. The lowest BCUT2D eigenvalue weighted by Gasteiger charge is -2.32. The van der Waals surface area contributed by atoms with E-state index in [0.717, 1.165) is 57.4 Å². The number of dihydropyridines is 1. The number of aliphatic hydroxyl groups is 1. The monoisotopic (exact) mass is 692 g/mol. The third-order valence-corrected chi connectivity index (χ3v) is 10.7. The van der Waals surface area contributed by atoms with Gasteiger partial charge in [0.05, 0.1) is 20.3 Å². The number of aliphatic hydroxyl groups excluding tert-OH is 1. The fraction of sp³-hybridized carbons (Fsp3) is 0.341. The molecule has 51 heavy (non-hydrogen) atoms. The quantitative estimate of drug-likeness (QED) is 0.105. The van der Waals surface area contributed by atoms with Gasteiger partial charge in [0.2, 0.25) is 5.75 Å². The van der Waals surface area contributed by atoms with Crippen molar-refractivity contribution in [3.05, 3.63) is 100 Å². The second-order valence-electron chi connectivity index (χ2n) is 13.9. The first-order chi connectivity index (χ1) is 24.6. The van der Waals surface area contributed by atoms with Gasteiger partial charge in [0.25, 0.3) is 0 Å². The van der Waals surface area contributed by atoms with E-state index in [-0.39, 0.29) is 52.8 Å². The number of aryl methyl sites for hydroxylation is 2. The van der Waals surface area contributed by atoms with Gasteiger partial charge in [-0.25, -0.2) is 0 Å². The molecule has 3 aliphatic rings. The lowest BCUT2D eigenvalue weighted by Crippen LogP contribution is -2.31. The number of aromatic hydroxyl groups is 4. The maximum absolute atomic E-state index is 14.6. The highest BCUT2D eigenvalue weighted by molar-refractivity contribution is 5.95. The van der Waals surface area contributed by atoms with Gasteiger partial charge >= 0.3 is 0 Å². The molecular weight excluding hydrogens is 648 g/mol. The lowest BCUT2D eigenvalue weighted by atomic mass is 9.73. The fourth-order valence-electron chi connectivity index (χ4n) is 8.15. The van der Waals surface area contributed by atoms with Crippen molar-refractivity contribution in [3.8, 4) is 34.5 Å². The molecule has 266 valence electrons. The number of anilines is 1.